The van der Waals surface area contributed by atoms with Crippen LogP contribution in [0.2, 0.25) is 0 Å². The Morgan fingerprint density at radius 1 is 1.53 bits per heavy atom. The van der Waals surface area contributed by atoms with Crippen LogP contribution in [0.15, 0.2) is 11.2 Å². The number of nitrogens with two attached hydrogens (primary N) is 1. The van der Waals surface area contributed by atoms with Crippen molar-refractivity contribution in [3.63, 3.8) is 0 Å². The minimum Gasteiger partial charge on any atom is -0.326 e. The Hall–Kier alpha value is -0.960. The van der Waals surface area contributed by atoms with Gasteiger partial charge < -0.3 is 10.6 Å². The lowest BCUT2D eigenvalue weighted by atomic mass is 10.3. The van der Waals surface area contributed by atoms with Crippen LogP contribution in [0.4, 0.5) is 0 Å². The Kier molecular flexibility index (Phi) is 4.56. The van der Waals surface area contributed by atoms with Crippen molar-refractivity contribution in [2.24, 2.45) is 5.73 Å². The third kappa shape index (κ3) is 3.53. The monoisotopic (exact) mass is 287 g/mol. The second kappa shape index (κ2) is 6.00. The van der Waals surface area contributed by atoms with Crippen LogP contribution >= 0.6 is 0 Å². The molecule has 19 heavy (non-hydrogen) atoms. The average molecular weight is 287 g/mol. The molecule has 7 nitrogen and oxygen atoms in total. The van der Waals surface area contributed by atoms with Gasteiger partial charge in [-0.15, -0.1) is 0 Å². The van der Waals surface area contributed by atoms with Crippen molar-refractivity contribution in [2.45, 2.75) is 37.4 Å². The molecule has 8 heteroatoms. The molecule has 1 aliphatic rings. The normalized spacial score (nSPS) is 18.8. The Morgan fingerprint density at radius 2 is 2.21 bits per heavy atom. The second-order valence-corrected chi connectivity index (χ2v) is 6.61. The maximum absolute atomic E-state index is 12.2. The summed E-state index contributed by atoms with van der Waals surface area (Å²) in [5.41, 5.74) is 5.99. The third-order valence-corrected chi connectivity index (χ3v) is 4.86. The van der Waals surface area contributed by atoms with E-state index in [1.807, 2.05) is 6.92 Å². The van der Waals surface area contributed by atoms with Gasteiger partial charge in [0.25, 0.3) is 10.0 Å². The van der Waals surface area contributed by atoms with Gasteiger partial charge in [0.15, 0.2) is 5.03 Å². The van der Waals surface area contributed by atoms with E-state index in [4.69, 9.17) is 5.73 Å². The van der Waals surface area contributed by atoms with Gasteiger partial charge in [-0.3, -0.25) is 5.10 Å². The largest absolute Gasteiger partial charge is 0.326 e. The fourth-order valence-electron chi connectivity index (χ4n) is 2.39. The number of likely N-dealkylation sites (tertiary alicyclic amines) is 1. The smallest absolute Gasteiger partial charge is 0.258 e. The van der Waals surface area contributed by atoms with Crippen LogP contribution < -0.4 is 10.5 Å². The van der Waals surface area contributed by atoms with Crippen LogP contribution in [-0.4, -0.2) is 49.2 Å². The van der Waals surface area contributed by atoms with E-state index in [1.54, 1.807) is 0 Å². The van der Waals surface area contributed by atoms with Gasteiger partial charge in [-0.05, 0) is 32.9 Å². The lowest BCUT2D eigenvalue weighted by molar-refractivity contribution is 0.312. The number of aromatic nitrogens is 2. The number of sulfonamides is 1. The number of aromatic amines is 1. The molecule has 1 aromatic heterocycles. The van der Waals surface area contributed by atoms with Crippen LogP contribution in [0.5, 0.6) is 0 Å². The minimum atomic E-state index is -3.58. The molecular weight excluding hydrogens is 266 g/mol. The molecular formula is C11H21N5O2S. The lowest BCUT2D eigenvalue weighted by Gasteiger charge is -2.20. The molecule has 4 N–H and O–H groups in total. The zero-order valence-corrected chi connectivity index (χ0v) is 11.9. The molecule has 108 valence electrons. The molecule has 0 bridgehead atoms. The number of H-pyrrole nitrogens is 1. The van der Waals surface area contributed by atoms with E-state index in [-0.39, 0.29) is 17.6 Å². The molecule has 0 radical (unpaired) electrons. The van der Waals surface area contributed by atoms with Crippen molar-refractivity contribution < 1.29 is 8.42 Å². The molecule has 1 aliphatic heterocycles. The predicted octanol–water partition coefficient (Wildman–Crippen LogP) is -0.369. The summed E-state index contributed by atoms with van der Waals surface area (Å²) in [5, 5.41) is 6.31. The van der Waals surface area contributed by atoms with Crippen molar-refractivity contribution in [3.8, 4) is 0 Å². The fraction of sp³-hybridized carbons (Fsp3) is 0.727. The van der Waals surface area contributed by atoms with Crippen molar-refractivity contribution in [2.75, 3.05) is 19.6 Å². The van der Waals surface area contributed by atoms with E-state index in [0.717, 1.165) is 19.6 Å². The van der Waals surface area contributed by atoms with Gasteiger partial charge in [-0.1, -0.05) is 0 Å². The fourth-order valence-corrected chi connectivity index (χ4v) is 3.77. The maximum Gasteiger partial charge on any atom is 0.258 e. The number of rotatable bonds is 6. The zero-order valence-electron chi connectivity index (χ0n) is 11.1. The second-order valence-electron chi connectivity index (χ2n) is 4.96. The van der Waals surface area contributed by atoms with E-state index in [1.165, 1.54) is 19.0 Å². The molecule has 2 rings (SSSR count). The Balaban J connectivity index is 2.00. The summed E-state index contributed by atoms with van der Waals surface area (Å²) in [5.74, 6) is 0. The highest BCUT2D eigenvalue weighted by atomic mass is 32.2. The predicted molar refractivity (Wildman–Crippen MR) is 71.9 cm³/mol. The minimum absolute atomic E-state index is 0.0725. The average Bonchev–Trinajstić information content (AvgIpc) is 2.97. The van der Waals surface area contributed by atoms with Crippen molar-refractivity contribution in [1.82, 2.24) is 19.8 Å². The maximum atomic E-state index is 12.2. The van der Waals surface area contributed by atoms with Gasteiger partial charge in [-0.2, -0.15) is 5.10 Å². The van der Waals surface area contributed by atoms with Crippen LogP contribution in [0.3, 0.4) is 0 Å². The molecule has 1 atom stereocenters. The highest BCUT2D eigenvalue weighted by molar-refractivity contribution is 7.89. The molecule has 0 amide bonds. The van der Waals surface area contributed by atoms with E-state index in [0.29, 0.717) is 5.56 Å². The molecule has 0 saturated carbocycles. The zero-order chi connectivity index (χ0) is 13.9. The quantitative estimate of drug-likeness (QED) is 0.662. The molecule has 1 unspecified atom stereocenters. The number of hydrogen-bond donors (Lipinski definition) is 3. The van der Waals surface area contributed by atoms with Crippen molar-refractivity contribution in [3.05, 3.63) is 11.8 Å². The Labute approximate surface area is 113 Å². The molecule has 1 aromatic rings. The molecule has 1 fully saturated rings. The molecule has 0 aromatic carbocycles. The summed E-state index contributed by atoms with van der Waals surface area (Å²) in [7, 11) is -3.58. The first-order chi connectivity index (χ1) is 9.03. The Bertz CT molecular complexity index is 507. The van der Waals surface area contributed by atoms with Gasteiger partial charge in [0.05, 0.1) is 6.20 Å². The van der Waals surface area contributed by atoms with Gasteiger partial charge in [-0.25, -0.2) is 13.1 Å². The first-order valence-corrected chi connectivity index (χ1v) is 7.98. The lowest BCUT2D eigenvalue weighted by Crippen LogP contribution is -2.41. The van der Waals surface area contributed by atoms with Gasteiger partial charge in [0, 0.05) is 24.7 Å². The number of hydrogen-bond acceptors (Lipinski definition) is 5. The molecule has 0 spiro atoms. The standard InChI is InChI=1S/C11H21N5O2S/c1-9(8-16-4-2-3-5-16)15-19(17,18)11-10(6-12)7-13-14-11/h7,9,15H,2-6,8,12H2,1H3,(H,13,14). The Morgan fingerprint density at radius 3 is 2.84 bits per heavy atom. The van der Waals surface area contributed by atoms with Crippen LogP contribution in [-0.2, 0) is 16.6 Å². The SMILES string of the molecule is CC(CN1CCCC1)NS(=O)(=O)c1[nH]ncc1CN. The number of nitrogens with zero attached hydrogens (tertiary/aromatic N) is 2. The first-order valence-electron chi connectivity index (χ1n) is 6.50. The molecule has 1 saturated heterocycles. The summed E-state index contributed by atoms with van der Waals surface area (Å²) < 4.78 is 27.1. The van der Waals surface area contributed by atoms with E-state index in [2.05, 4.69) is 19.8 Å². The van der Waals surface area contributed by atoms with E-state index >= 15 is 0 Å². The van der Waals surface area contributed by atoms with Crippen molar-refractivity contribution >= 4 is 10.0 Å². The first kappa shape index (κ1) is 14.4. The van der Waals surface area contributed by atoms with Gasteiger partial charge >= 0.3 is 0 Å². The molecule has 0 aliphatic carbocycles. The highest BCUT2D eigenvalue weighted by Crippen LogP contribution is 2.12. The summed E-state index contributed by atoms with van der Waals surface area (Å²) in [6.07, 6.45) is 3.83. The summed E-state index contributed by atoms with van der Waals surface area (Å²) in [4.78, 5) is 2.27. The van der Waals surface area contributed by atoms with Gasteiger partial charge in [0.1, 0.15) is 0 Å². The highest BCUT2D eigenvalue weighted by Gasteiger charge is 2.24. The van der Waals surface area contributed by atoms with Gasteiger partial charge in [0.2, 0.25) is 0 Å². The summed E-state index contributed by atoms with van der Waals surface area (Å²) in [6.45, 7) is 4.83. The topological polar surface area (TPSA) is 104 Å². The van der Waals surface area contributed by atoms with E-state index in [9.17, 15) is 8.42 Å². The van der Waals surface area contributed by atoms with Crippen LogP contribution in [0.25, 0.3) is 0 Å². The van der Waals surface area contributed by atoms with E-state index < -0.39 is 10.0 Å². The van der Waals surface area contributed by atoms with Crippen LogP contribution in [0, 0.1) is 0 Å². The van der Waals surface area contributed by atoms with Crippen LogP contribution in [0.1, 0.15) is 25.3 Å². The third-order valence-electron chi connectivity index (χ3n) is 3.25. The summed E-state index contributed by atoms with van der Waals surface area (Å²) in [6, 6.07) is -0.142. The van der Waals surface area contributed by atoms with Crippen molar-refractivity contribution in [1.29, 1.82) is 0 Å². The summed E-state index contributed by atoms with van der Waals surface area (Å²) >= 11 is 0. The number of nitrogens with one attached hydrogen (secondary N) is 2. The molecule has 2 heterocycles.